The van der Waals surface area contributed by atoms with Gasteiger partial charge in [0.1, 0.15) is 0 Å². The predicted octanol–water partition coefficient (Wildman–Crippen LogP) is 1.65. The van der Waals surface area contributed by atoms with E-state index in [1.54, 1.807) is 0 Å². The van der Waals surface area contributed by atoms with Gasteiger partial charge in [-0.1, -0.05) is 6.92 Å². The fourth-order valence-electron chi connectivity index (χ4n) is 2.46. The maximum atomic E-state index is 4.30. The minimum Gasteiger partial charge on any atom is -0.330 e. The van der Waals surface area contributed by atoms with Crippen molar-refractivity contribution < 1.29 is 0 Å². The Morgan fingerprint density at radius 2 is 2.18 bits per heavy atom. The Hall–Kier alpha value is -0.870. The van der Waals surface area contributed by atoms with Crippen molar-refractivity contribution in [1.29, 1.82) is 0 Å². The smallest absolute Gasteiger partial charge is 0.0951 e. The standard InChI is InChI=1S/C13H24N4/c1-3-6-14-9-13-10-15-11-17(13)12-4-7-16(2)8-5-12/h10-12,14H,3-9H2,1-2H3. The van der Waals surface area contributed by atoms with Crippen molar-refractivity contribution in [2.45, 2.75) is 38.8 Å². The van der Waals surface area contributed by atoms with Crippen LogP contribution in [0.1, 0.15) is 37.9 Å². The van der Waals surface area contributed by atoms with Gasteiger partial charge in [-0.2, -0.15) is 0 Å². The minimum absolute atomic E-state index is 0.645. The molecule has 0 atom stereocenters. The molecule has 1 aromatic heterocycles. The molecule has 17 heavy (non-hydrogen) atoms. The summed E-state index contributed by atoms with van der Waals surface area (Å²) in [5, 5.41) is 3.45. The molecule has 0 unspecified atom stereocenters. The molecule has 1 saturated heterocycles. The van der Waals surface area contributed by atoms with E-state index in [1.807, 2.05) is 12.5 Å². The molecule has 0 aromatic carbocycles. The summed E-state index contributed by atoms with van der Waals surface area (Å²) in [5.74, 6) is 0. The van der Waals surface area contributed by atoms with E-state index >= 15 is 0 Å². The highest BCUT2D eigenvalue weighted by Gasteiger charge is 2.19. The zero-order valence-electron chi connectivity index (χ0n) is 11.0. The molecule has 0 spiro atoms. The van der Waals surface area contributed by atoms with Gasteiger partial charge in [-0.25, -0.2) is 4.98 Å². The van der Waals surface area contributed by atoms with Crippen LogP contribution in [0.15, 0.2) is 12.5 Å². The van der Waals surface area contributed by atoms with E-state index in [9.17, 15) is 0 Å². The zero-order chi connectivity index (χ0) is 12.1. The maximum absolute atomic E-state index is 4.30. The van der Waals surface area contributed by atoms with Gasteiger partial charge in [0.2, 0.25) is 0 Å². The fraction of sp³-hybridized carbons (Fsp3) is 0.769. The Kier molecular flexibility index (Phi) is 4.57. The summed E-state index contributed by atoms with van der Waals surface area (Å²) in [7, 11) is 2.20. The Bertz CT molecular complexity index is 326. The van der Waals surface area contributed by atoms with Crippen molar-refractivity contribution >= 4 is 0 Å². The number of imidazole rings is 1. The first kappa shape index (κ1) is 12.6. The van der Waals surface area contributed by atoms with E-state index in [4.69, 9.17) is 0 Å². The van der Waals surface area contributed by atoms with Crippen molar-refractivity contribution in [3.63, 3.8) is 0 Å². The zero-order valence-corrected chi connectivity index (χ0v) is 11.0. The molecule has 4 heteroatoms. The number of hydrogen-bond acceptors (Lipinski definition) is 3. The Balaban J connectivity index is 1.93. The molecule has 0 saturated carbocycles. The van der Waals surface area contributed by atoms with Gasteiger partial charge in [0.25, 0.3) is 0 Å². The van der Waals surface area contributed by atoms with Gasteiger partial charge in [0.05, 0.1) is 12.0 Å². The molecule has 1 aliphatic rings. The lowest BCUT2D eigenvalue weighted by atomic mass is 10.1. The second-order valence-corrected chi connectivity index (χ2v) is 5.00. The molecule has 0 radical (unpaired) electrons. The maximum Gasteiger partial charge on any atom is 0.0951 e. The van der Waals surface area contributed by atoms with E-state index < -0.39 is 0 Å². The lowest BCUT2D eigenvalue weighted by Gasteiger charge is -2.30. The molecule has 4 nitrogen and oxygen atoms in total. The van der Waals surface area contributed by atoms with Crippen LogP contribution in [-0.4, -0.2) is 41.1 Å². The van der Waals surface area contributed by atoms with Crippen molar-refractivity contribution in [2.75, 3.05) is 26.7 Å². The van der Waals surface area contributed by atoms with Gasteiger partial charge in [-0.15, -0.1) is 0 Å². The van der Waals surface area contributed by atoms with Crippen LogP contribution in [0, 0.1) is 0 Å². The Morgan fingerprint density at radius 1 is 1.41 bits per heavy atom. The van der Waals surface area contributed by atoms with Crippen LogP contribution < -0.4 is 5.32 Å². The third-order valence-corrected chi connectivity index (χ3v) is 3.56. The van der Waals surface area contributed by atoms with Gasteiger partial charge in [-0.3, -0.25) is 0 Å². The topological polar surface area (TPSA) is 33.1 Å². The van der Waals surface area contributed by atoms with Crippen molar-refractivity contribution in [3.05, 3.63) is 18.2 Å². The molecular weight excluding hydrogens is 212 g/mol. The highest BCUT2D eigenvalue weighted by atomic mass is 15.1. The number of nitrogens with zero attached hydrogens (tertiary/aromatic N) is 3. The molecule has 1 aliphatic heterocycles. The normalized spacial score (nSPS) is 18.7. The summed E-state index contributed by atoms with van der Waals surface area (Å²) in [6.45, 7) is 6.62. The van der Waals surface area contributed by atoms with Crippen LogP contribution in [0.4, 0.5) is 0 Å². The van der Waals surface area contributed by atoms with Gasteiger partial charge in [0, 0.05) is 18.8 Å². The van der Waals surface area contributed by atoms with Crippen LogP contribution in [0.5, 0.6) is 0 Å². The number of piperidine rings is 1. The minimum atomic E-state index is 0.645. The SMILES string of the molecule is CCCNCc1cncn1C1CCN(C)CC1. The van der Waals surface area contributed by atoms with Gasteiger partial charge in [0.15, 0.2) is 0 Å². The summed E-state index contributed by atoms with van der Waals surface area (Å²) < 4.78 is 2.37. The molecule has 1 N–H and O–H groups in total. The van der Waals surface area contributed by atoms with E-state index in [1.165, 1.54) is 38.0 Å². The van der Waals surface area contributed by atoms with E-state index in [-0.39, 0.29) is 0 Å². The van der Waals surface area contributed by atoms with Gasteiger partial charge in [-0.05, 0) is 45.9 Å². The first-order valence-electron chi connectivity index (χ1n) is 6.71. The van der Waals surface area contributed by atoms with Crippen molar-refractivity contribution in [3.8, 4) is 0 Å². The second-order valence-electron chi connectivity index (χ2n) is 5.00. The highest BCUT2D eigenvalue weighted by molar-refractivity contribution is 5.01. The van der Waals surface area contributed by atoms with E-state index in [0.29, 0.717) is 6.04 Å². The molecule has 96 valence electrons. The lowest BCUT2D eigenvalue weighted by molar-refractivity contribution is 0.218. The predicted molar refractivity (Wildman–Crippen MR) is 70.0 cm³/mol. The first-order valence-corrected chi connectivity index (χ1v) is 6.71. The Morgan fingerprint density at radius 3 is 2.88 bits per heavy atom. The van der Waals surface area contributed by atoms with Crippen LogP contribution in [-0.2, 0) is 6.54 Å². The molecule has 1 fully saturated rings. The van der Waals surface area contributed by atoms with Crippen LogP contribution in [0.2, 0.25) is 0 Å². The van der Waals surface area contributed by atoms with Gasteiger partial charge < -0.3 is 14.8 Å². The molecule has 0 amide bonds. The summed E-state index contributed by atoms with van der Waals surface area (Å²) >= 11 is 0. The summed E-state index contributed by atoms with van der Waals surface area (Å²) in [4.78, 5) is 6.71. The quantitative estimate of drug-likeness (QED) is 0.789. The molecule has 0 bridgehead atoms. The fourth-order valence-corrected chi connectivity index (χ4v) is 2.46. The molecular formula is C13H24N4. The average Bonchev–Trinajstić information content (AvgIpc) is 2.79. The number of rotatable bonds is 5. The largest absolute Gasteiger partial charge is 0.330 e. The van der Waals surface area contributed by atoms with E-state index in [2.05, 4.69) is 33.7 Å². The summed E-state index contributed by atoms with van der Waals surface area (Å²) in [6, 6.07) is 0.645. The summed E-state index contributed by atoms with van der Waals surface area (Å²) in [5.41, 5.74) is 1.33. The number of aromatic nitrogens is 2. The van der Waals surface area contributed by atoms with Gasteiger partial charge >= 0.3 is 0 Å². The first-order chi connectivity index (χ1) is 8.31. The second kappa shape index (κ2) is 6.17. The van der Waals surface area contributed by atoms with Crippen LogP contribution in [0.3, 0.4) is 0 Å². The molecule has 2 heterocycles. The number of likely N-dealkylation sites (tertiary alicyclic amines) is 1. The highest BCUT2D eigenvalue weighted by Crippen LogP contribution is 2.22. The Labute approximate surface area is 104 Å². The average molecular weight is 236 g/mol. The number of nitrogens with one attached hydrogen (secondary N) is 1. The van der Waals surface area contributed by atoms with Crippen LogP contribution >= 0.6 is 0 Å². The third kappa shape index (κ3) is 3.30. The molecule has 2 rings (SSSR count). The van der Waals surface area contributed by atoms with E-state index in [0.717, 1.165) is 13.1 Å². The molecule has 1 aromatic rings. The molecule has 0 aliphatic carbocycles. The third-order valence-electron chi connectivity index (χ3n) is 3.56. The van der Waals surface area contributed by atoms with Crippen LogP contribution in [0.25, 0.3) is 0 Å². The van der Waals surface area contributed by atoms with Crippen molar-refractivity contribution in [2.24, 2.45) is 0 Å². The van der Waals surface area contributed by atoms with Crippen molar-refractivity contribution in [1.82, 2.24) is 19.8 Å². The lowest BCUT2D eigenvalue weighted by Crippen LogP contribution is -2.32. The monoisotopic (exact) mass is 236 g/mol. The number of hydrogen-bond donors (Lipinski definition) is 1. The summed E-state index contributed by atoms with van der Waals surface area (Å²) in [6.07, 6.45) is 7.67.